The first-order valence-corrected chi connectivity index (χ1v) is 10.0. The number of ether oxygens (including phenoxy) is 1. The van der Waals surface area contributed by atoms with Gasteiger partial charge in [0, 0.05) is 19.2 Å². The molecule has 0 bridgehead atoms. The Labute approximate surface area is 160 Å². The zero-order chi connectivity index (χ0) is 18.6. The quantitative estimate of drug-likeness (QED) is 0.801. The first kappa shape index (κ1) is 18.1. The minimum Gasteiger partial charge on any atom is -0.508 e. The van der Waals surface area contributed by atoms with Gasteiger partial charge in [0.1, 0.15) is 5.75 Å². The van der Waals surface area contributed by atoms with Crippen LogP contribution < -0.4 is 15.3 Å². The highest BCUT2D eigenvalue weighted by Crippen LogP contribution is 2.23. The molecule has 1 N–H and O–H groups in total. The highest BCUT2D eigenvalue weighted by Gasteiger charge is 2.16. The van der Waals surface area contributed by atoms with Crippen molar-refractivity contribution in [3.8, 4) is 11.6 Å². The number of hydrogen-bond acceptors (Lipinski definition) is 4. The summed E-state index contributed by atoms with van der Waals surface area (Å²) in [5, 5.41) is 11.9. The van der Waals surface area contributed by atoms with Crippen LogP contribution >= 0.6 is 0 Å². The third-order valence-electron chi connectivity index (χ3n) is 5.59. The summed E-state index contributed by atoms with van der Waals surface area (Å²) in [6, 6.07) is 9.87. The lowest BCUT2D eigenvalue weighted by atomic mass is 9.99. The highest BCUT2D eigenvalue weighted by atomic mass is 16.5. The summed E-state index contributed by atoms with van der Waals surface area (Å²) in [5.74, 6) is 1.12. The molecular formula is C23H28N2O2. The second-order valence-corrected chi connectivity index (χ2v) is 7.65. The van der Waals surface area contributed by atoms with Crippen molar-refractivity contribution in [3.63, 3.8) is 0 Å². The summed E-state index contributed by atoms with van der Waals surface area (Å²) in [6.45, 7) is 6.01. The van der Waals surface area contributed by atoms with Crippen molar-refractivity contribution in [1.29, 1.82) is 0 Å². The predicted molar refractivity (Wildman–Crippen MR) is 108 cm³/mol. The molecule has 2 aromatic rings. The molecule has 1 aliphatic heterocycles. The summed E-state index contributed by atoms with van der Waals surface area (Å²) in [6.07, 6.45) is 7.65. The van der Waals surface area contributed by atoms with Crippen LogP contribution in [0.5, 0.6) is 11.6 Å². The molecule has 0 atom stereocenters. The van der Waals surface area contributed by atoms with E-state index in [9.17, 15) is 5.11 Å². The Balaban J connectivity index is 1.23. The topological polar surface area (TPSA) is 45.6 Å². The normalized spacial score (nSPS) is 16.4. The average molecular weight is 364 g/mol. The molecule has 142 valence electrons. The molecule has 0 unspecified atom stereocenters. The molecule has 0 spiro atoms. The zero-order valence-corrected chi connectivity index (χ0v) is 16.1. The van der Waals surface area contributed by atoms with Crippen molar-refractivity contribution < 1.29 is 9.84 Å². The number of unbranched alkanes of at least 4 members (excludes halogenated alkanes) is 1. The molecule has 27 heavy (non-hydrogen) atoms. The van der Waals surface area contributed by atoms with E-state index >= 15 is 0 Å². The maximum absolute atomic E-state index is 9.59. The molecule has 1 aliphatic carbocycles. The smallest absolute Gasteiger partial charge is 0.213 e. The van der Waals surface area contributed by atoms with Crippen molar-refractivity contribution in [2.75, 3.05) is 19.7 Å². The van der Waals surface area contributed by atoms with E-state index in [0.29, 0.717) is 12.4 Å². The number of fused-ring (bicyclic) bond motifs is 2. The van der Waals surface area contributed by atoms with E-state index in [2.05, 4.69) is 30.0 Å². The van der Waals surface area contributed by atoms with Crippen LogP contribution in [0.3, 0.4) is 0 Å². The summed E-state index contributed by atoms with van der Waals surface area (Å²) in [4.78, 5) is 7.18. The first-order chi connectivity index (χ1) is 13.2. The Bertz CT molecular complexity index is 936. The second-order valence-electron chi connectivity index (χ2n) is 7.65. The lowest BCUT2D eigenvalue weighted by Crippen LogP contribution is -2.32. The number of pyridine rings is 1. The lowest BCUT2D eigenvalue weighted by Gasteiger charge is -2.28. The van der Waals surface area contributed by atoms with E-state index in [1.807, 2.05) is 12.1 Å². The molecule has 0 radical (unpaired) electrons. The number of nitrogens with zero attached hydrogens (tertiary/aromatic N) is 2. The summed E-state index contributed by atoms with van der Waals surface area (Å²) >= 11 is 0. The number of phenolic OH excluding ortho intramolecular Hbond substituents is 1. The van der Waals surface area contributed by atoms with Gasteiger partial charge in [-0.2, -0.15) is 0 Å². The van der Waals surface area contributed by atoms with Gasteiger partial charge in [-0.05, 0) is 85.7 Å². The third-order valence-corrected chi connectivity index (χ3v) is 5.59. The summed E-state index contributed by atoms with van der Waals surface area (Å²) in [5.41, 5.74) is 3.99. The van der Waals surface area contributed by atoms with Crippen LogP contribution in [-0.2, 0) is 13.0 Å². The van der Waals surface area contributed by atoms with Crippen LogP contribution in [0.15, 0.2) is 30.3 Å². The van der Waals surface area contributed by atoms with Gasteiger partial charge in [0.05, 0.1) is 12.0 Å². The van der Waals surface area contributed by atoms with Gasteiger partial charge >= 0.3 is 0 Å². The molecule has 2 heterocycles. The molecule has 2 aliphatic rings. The van der Waals surface area contributed by atoms with Gasteiger partial charge in [-0.1, -0.05) is 12.1 Å². The molecule has 4 rings (SSSR count). The molecular weight excluding hydrogens is 336 g/mol. The van der Waals surface area contributed by atoms with Crippen LogP contribution in [0.4, 0.5) is 0 Å². The number of aromatic hydroxyl groups is 1. The number of rotatable bonds is 6. The van der Waals surface area contributed by atoms with E-state index in [1.54, 1.807) is 6.07 Å². The molecule has 4 heteroatoms. The molecule has 0 fully saturated rings. The van der Waals surface area contributed by atoms with E-state index in [1.165, 1.54) is 21.9 Å². The fourth-order valence-corrected chi connectivity index (χ4v) is 4.00. The lowest BCUT2D eigenvalue weighted by molar-refractivity contribution is 0.232. The number of benzene rings is 1. The summed E-state index contributed by atoms with van der Waals surface area (Å²) in [7, 11) is 0. The van der Waals surface area contributed by atoms with Crippen molar-refractivity contribution in [3.05, 3.63) is 52.0 Å². The monoisotopic (exact) mass is 364 g/mol. The Kier molecular flexibility index (Phi) is 5.44. The highest BCUT2D eigenvalue weighted by molar-refractivity contribution is 5.47. The molecule has 4 nitrogen and oxygen atoms in total. The van der Waals surface area contributed by atoms with Crippen molar-refractivity contribution in [2.45, 2.75) is 45.6 Å². The first-order valence-electron chi connectivity index (χ1n) is 10.0. The Morgan fingerprint density at radius 2 is 2.04 bits per heavy atom. The SMILES string of the molecule is CC1=c2nc(OCCCCN3CCc4cc(O)ccc4C3)ccc2=CCC1. The summed E-state index contributed by atoms with van der Waals surface area (Å²) < 4.78 is 5.89. The number of aromatic nitrogens is 1. The Hall–Kier alpha value is -2.33. The van der Waals surface area contributed by atoms with Crippen molar-refractivity contribution in [1.82, 2.24) is 9.88 Å². The van der Waals surface area contributed by atoms with E-state index in [-0.39, 0.29) is 0 Å². The average Bonchev–Trinajstić information content (AvgIpc) is 2.68. The van der Waals surface area contributed by atoms with Gasteiger partial charge in [-0.25, -0.2) is 4.98 Å². The van der Waals surface area contributed by atoms with Crippen LogP contribution in [0, 0.1) is 0 Å². The van der Waals surface area contributed by atoms with Crippen LogP contribution in [-0.4, -0.2) is 34.7 Å². The van der Waals surface area contributed by atoms with Gasteiger partial charge < -0.3 is 9.84 Å². The zero-order valence-electron chi connectivity index (χ0n) is 16.1. The molecule has 0 saturated heterocycles. The fourth-order valence-electron chi connectivity index (χ4n) is 4.00. The van der Waals surface area contributed by atoms with Crippen molar-refractivity contribution in [2.24, 2.45) is 0 Å². The fraction of sp³-hybridized carbons (Fsp3) is 0.435. The van der Waals surface area contributed by atoms with Gasteiger partial charge in [0.15, 0.2) is 0 Å². The number of hydrogen-bond donors (Lipinski definition) is 1. The van der Waals surface area contributed by atoms with E-state index in [0.717, 1.165) is 63.0 Å². The molecule has 0 saturated carbocycles. The maximum atomic E-state index is 9.59. The second kappa shape index (κ2) is 8.13. The maximum Gasteiger partial charge on any atom is 0.213 e. The van der Waals surface area contributed by atoms with Gasteiger partial charge in [-0.3, -0.25) is 4.90 Å². The van der Waals surface area contributed by atoms with Crippen LogP contribution in [0.1, 0.15) is 43.7 Å². The Morgan fingerprint density at radius 1 is 1.11 bits per heavy atom. The largest absolute Gasteiger partial charge is 0.508 e. The minimum absolute atomic E-state index is 0.376. The van der Waals surface area contributed by atoms with Crippen LogP contribution in [0.25, 0.3) is 11.6 Å². The third kappa shape index (κ3) is 4.33. The molecule has 0 amide bonds. The minimum atomic E-state index is 0.376. The van der Waals surface area contributed by atoms with Crippen LogP contribution in [0.2, 0.25) is 0 Å². The molecule has 1 aromatic heterocycles. The molecule has 1 aromatic carbocycles. The van der Waals surface area contributed by atoms with E-state index in [4.69, 9.17) is 9.72 Å². The van der Waals surface area contributed by atoms with Gasteiger partial charge in [0.25, 0.3) is 0 Å². The Morgan fingerprint density at radius 3 is 2.96 bits per heavy atom. The van der Waals surface area contributed by atoms with Gasteiger partial charge in [-0.15, -0.1) is 0 Å². The van der Waals surface area contributed by atoms with E-state index < -0.39 is 0 Å². The number of phenols is 1. The van der Waals surface area contributed by atoms with Crippen molar-refractivity contribution >= 4 is 11.6 Å². The predicted octanol–water partition coefficient (Wildman–Crippen LogP) is 2.75. The van der Waals surface area contributed by atoms with Gasteiger partial charge in [0.2, 0.25) is 5.88 Å². The standard InChI is InChI=1S/C23H28N2O2/c1-17-5-4-6-18-8-10-22(24-23(17)18)27-14-3-2-12-25-13-11-19-15-21(26)9-7-20(19)16-25/h6-10,15,26H,2-5,11-14,16H2,1H3.